The molecule has 1 aliphatic rings. The lowest BCUT2D eigenvalue weighted by Crippen LogP contribution is -2.24. The summed E-state index contributed by atoms with van der Waals surface area (Å²) in [6, 6.07) is 11.9. The molecule has 0 spiro atoms. The summed E-state index contributed by atoms with van der Waals surface area (Å²) in [5.74, 6) is 1.68. The number of nitrogens with zero attached hydrogens (tertiary/aromatic N) is 4. The molecule has 1 aliphatic carbocycles. The lowest BCUT2D eigenvalue weighted by Gasteiger charge is -2.10. The lowest BCUT2D eigenvalue weighted by atomic mass is 10.1. The molecular weight excluding hydrogens is 366 g/mol. The first-order valence-corrected chi connectivity index (χ1v) is 9.66. The summed E-state index contributed by atoms with van der Waals surface area (Å²) >= 11 is 0. The first-order valence-electron chi connectivity index (χ1n) is 9.66. The molecule has 8 nitrogen and oxygen atoms in total. The number of carbonyl (C=O) groups is 1. The molecule has 0 aliphatic heterocycles. The number of anilines is 2. The van der Waals surface area contributed by atoms with Gasteiger partial charge in [0.05, 0.1) is 5.69 Å². The predicted octanol–water partition coefficient (Wildman–Crippen LogP) is 3.20. The van der Waals surface area contributed by atoms with Crippen molar-refractivity contribution in [3.05, 3.63) is 60.0 Å². The Hall–Kier alpha value is -3.68. The van der Waals surface area contributed by atoms with Crippen molar-refractivity contribution in [1.82, 2.24) is 29.9 Å². The highest BCUT2D eigenvalue weighted by molar-refractivity contribution is 5.80. The molecule has 1 fully saturated rings. The van der Waals surface area contributed by atoms with Gasteiger partial charge in [-0.05, 0) is 31.4 Å². The van der Waals surface area contributed by atoms with Crippen LogP contribution in [0.25, 0.3) is 16.9 Å². The Morgan fingerprint density at radius 1 is 1.28 bits per heavy atom. The molecule has 29 heavy (non-hydrogen) atoms. The van der Waals surface area contributed by atoms with Crippen LogP contribution in [0.4, 0.5) is 11.8 Å². The van der Waals surface area contributed by atoms with Crippen LogP contribution in [0.2, 0.25) is 0 Å². The molecule has 5 rings (SSSR count). The van der Waals surface area contributed by atoms with Gasteiger partial charge in [0, 0.05) is 48.2 Å². The molecule has 8 heteroatoms. The fourth-order valence-corrected chi connectivity index (χ4v) is 3.28. The monoisotopic (exact) mass is 387 g/mol. The molecular formula is C21H21N7O. The molecule has 146 valence electrons. The maximum atomic E-state index is 11.9. The van der Waals surface area contributed by atoms with Gasteiger partial charge in [-0.2, -0.15) is 5.10 Å². The van der Waals surface area contributed by atoms with E-state index in [1.807, 2.05) is 47.9 Å². The Morgan fingerprint density at radius 2 is 2.17 bits per heavy atom. The molecule has 3 aromatic heterocycles. The highest BCUT2D eigenvalue weighted by Gasteiger charge is 2.29. The molecule has 0 unspecified atom stereocenters. The van der Waals surface area contributed by atoms with E-state index in [2.05, 4.69) is 31.9 Å². The maximum absolute atomic E-state index is 11.9. The van der Waals surface area contributed by atoms with Gasteiger partial charge < -0.3 is 10.6 Å². The topological polar surface area (TPSA) is 100 Å². The smallest absolute Gasteiger partial charge is 0.223 e. The summed E-state index contributed by atoms with van der Waals surface area (Å²) in [6.07, 6.45) is 5.61. The zero-order valence-corrected chi connectivity index (χ0v) is 16.0. The van der Waals surface area contributed by atoms with Gasteiger partial charge in [-0.15, -0.1) is 0 Å². The van der Waals surface area contributed by atoms with Crippen LogP contribution >= 0.6 is 0 Å². The zero-order valence-electron chi connectivity index (χ0n) is 16.0. The number of carbonyl (C=O) groups excluding carboxylic acids is 1. The zero-order chi connectivity index (χ0) is 19.8. The minimum absolute atomic E-state index is 0.146. The Labute approximate surface area is 167 Å². The molecule has 0 bridgehead atoms. The van der Waals surface area contributed by atoms with E-state index in [4.69, 9.17) is 4.98 Å². The highest BCUT2D eigenvalue weighted by atomic mass is 16.2. The highest BCUT2D eigenvalue weighted by Crippen LogP contribution is 2.29. The van der Waals surface area contributed by atoms with Crippen molar-refractivity contribution < 1.29 is 4.79 Å². The second-order valence-electron chi connectivity index (χ2n) is 7.37. The predicted molar refractivity (Wildman–Crippen MR) is 110 cm³/mol. The van der Waals surface area contributed by atoms with Crippen LogP contribution < -0.4 is 10.6 Å². The second kappa shape index (κ2) is 7.05. The molecule has 1 amide bonds. The Morgan fingerprint density at radius 3 is 2.97 bits per heavy atom. The van der Waals surface area contributed by atoms with Crippen molar-refractivity contribution in [2.24, 2.45) is 5.92 Å². The number of H-pyrrole nitrogens is 1. The number of imidazole rings is 1. The molecule has 0 radical (unpaired) electrons. The third kappa shape index (κ3) is 3.69. The Balaban J connectivity index is 1.45. The molecule has 4 aromatic rings. The van der Waals surface area contributed by atoms with Crippen molar-refractivity contribution in [1.29, 1.82) is 0 Å². The van der Waals surface area contributed by atoms with Gasteiger partial charge in [-0.3, -0.25) is 14.3 Å². The minimum atomic E-state index is 0.146. The molecule has 0 atom stereocenters. The fourth-order valence-electron chi connectivity index (χ4n) is 3.28. The summed E-state index contributed by atoms with van der Waals surface area (Å²) in [5, 5.41) is 13.4. The van der Waals surface area contributed by atoms with Gasteiger partial charge in [0.25, 0.3) is 0 Å². The third-order valence-electron chi connectivity index (χ3n) is 4.97. The molecule has 1 saturated carbocycles. The standard InChI is InChI=1S/C21H21N7O/c1-13-9-18(27-26-13)25-21-24-17(11-19-22-7-8-28(19)21)16-4-2-3-14(10-16)12-23-20(29)15-5-6-15/h2-4,7-11,15H,5-6,12H2,1H3,(H,23,29)(H2,24,25,26,27). The minimum Gasteiger partial charge on any atom is -0.352 e. The normalized spacial score (nSPS) is 13.6. The Bertz CT molecular complexity index is 1190. The van der Waals surface area contributed by atoms with Gasteiger partial charge in [-0.1, -0.05) is 18.2 Å². The third-order valence-corrected chi connectivity index (χ3v) is 4.97. The summed E-state index contributed by atoms with van der Waals surface area (Å²) in [7, 11) is 0. The van der Waals surface area contributed by atoms with Gasteiger partial charge in [0.15, 0.2) is 5.82 Å². The summed E-state index contributed by atoms with van der Waals surface area (Å²) < 4.78 is 1.88. The number of aryl methyl sites for hydroxylation is 1. The largest absolute Gasteiger partial charge is 0.352 e. The van der Waals surface area contributed by atoms with Crippen molar-refractivity contribution in [2.45, 2.75) is 26.3 Å². The van der Waals surface area contributed by atoms with E-state index in [9.17, 15) is 4.79 Å². The van der Waals surface area contributed by atoms with Gasteiger partial charge in [0.1, 0.15) is 5.65 Å². The number of hydrogen-bond acceptors (Lipinski definition) is 5. The second-order valence-corrected chi connectivity index (χ2v) is 7.37. The molecule has 0 saturated heterocycles. The van der Waals surface area contributed by atoms with Crippen molar-refractivity contribution >= 4 is 23.3 Å². The van der Waals surface area contributed by atoms with Crippen LogP contribution in [0.1, 0.15) is 24.1 Å². The van der Waals surface area contributed by atoms with Crippen LogP contribution in [0.5, 0.6) is 0 Å². The first-order chi connectivity index (χ1) is 14.2. The quantitative estimate of drug-likeness (QED) is 0.472. The van der Waals surface area contributed by atoms with E-state index in [1.54, 1.807) is 6.20 Å². The number of nitrogens with one attached hydrogen (secondary N) is 3. The van der Waals surface area contributed by atoms with Gasteiger partial charge in [0.2, 0.25) is 11.9 Å². The SMILES string of the molecule is Cc1cc(Nc2nc(-c3cccc(CNC(=O)C4CC4)c3)cc3nccn23)n[nH]1. The summed E-state index contributed by atoms with van der Waals surface area (Å²) in [6.45, 7) is 2.47. The van der Waals surface area contributed by atoms with Crippen molar-refractivity contribution in [3.8, 4) is 11.3 Å². The number of aromatic amines is 1. The number of benzene rings is 1. The van der Waals surface area contributed by atoms with E-state index in [0.29, 0.717) is 18.3 Å². The first kappa shape index (κ1) is 17.4. The van der Waals surface area contributed by atoms with E-state index in [0.717, 1.165) is 41.0 Å². The number of amides is 1. The average Bonchev–Trinajstić information content (AvgIpc) is 3.34. The van der Waals surface area contributed by atoms with Crippen LogP contribution in [0.15, 0.2) is 48.8 Å². The van der Waals surface area contributed by atoms with Crippen LogP contribution in [-0.4, -0.2) is 30.5 Å². The van der Waals surface area contributed by atoms with Crippen LogP contribution in [0, 0.1) is 12.8 Å². The number of rotatable bonds is 6. The molecule has 3 heterocycles. The van der Waals surface area contributed by atoms with Crippen LogP contribution in [0.3, 0.4) is 0 Å². The lowest BCUT2D eigenvalue weighted by molar-refractivity contribution is -0.122. The van der Waals surface area contributed by atoms with Crippen molar-refractivity contribution in [2.75, 3.05) is 5.32 Å². The van der Waals surface area contributed by atoms with Gasteiger partial charge >= 0.3 is 0 Å². The maximum Gasteiger partial charge on any atom is 0.223 e. The van der Waals surface area contributed by atoms with Gasteiger partial charge in [-0.25, -0.2) is 9.97 Å². The van der Waals surface area contributed by atoms with Crippen molar-refractivity contribution in [3.63, 3.8) is 0 Å². The van der Waals surface area contributed by atoms with Crippen LogP contribution in [-0.2, 0) is 11.3 Å². The van der Waals surface area contributed by atoms with E-state index >= 15 is 0 Å². The Kier molecular flexibility index (Phi) is 4.23. The fraction of sp³-hybridized carbons (Fsp3) is 0.238. The number of hydrogen-bond donors (Lipinski definition) is 3. The number of aromatic nitrogens is 5. The number of fused-ring (bicyclic) bond motifs is 1. The summed E-state index contributed by atoms with van der Waals surface area (Å²) in [5.41, 5.74) is 4.56. The average molecular weight is 387 g/mol. The summed E-state index contributed by atoms with van der Waals surface area (Å²) in [4.78, 5) is 21.1. The van der Waals surface area contributed by atoms with E-state index in [-0.39, 0.29) is 11.8 Å². The van der Waals surface area contributed by atoms with E-state index < -0.39 is 0 Å². The molecule has 3 N–H and O–H groups in total. The molecule has 1 aromatic carbocycles. The van der Waals surface area contributed by atoms with E-state index in [1.165, 1.54) is 0 Å².